The number of methoxy groups -OCH3 is 1. The number of rotatable bonds is 6. The minimum absolute atomic E-state index is 0.00665. The zero-order valence-electron chi connectivity index (χ0n) is 16.9. The predicted octanol–water partition coefficient (Wildman–Crippen LogP) is 4.93. The molecule has 2 amide bonds. The van der Waals surface area contributed by atoms with Gasteiger partial charge in [0.25, 0.3) is 5.91 Å². The molecule has 0 aliphatic carbocycles. The Kier molecular flexibility index (Phi) is 7.15. The Bertz CT molecular complexity index is 884. The van der Waals surface area contributed by atoms with Crippen LogP contribution < -0.4 is 10.1 Å². The lowest BCUT2D eigenvalue weighted by atomic mass is 9.92. The van der Waals surface area contributed by atoms with Crippen molar-refractivity contribution in [3.8, 4) is 5.75 Å². The molecule has 0 radical (unpaired) electrons. The van der Waals surface area contributed by atoms with E-state index in [1.165, 1.54) is 0 Å². The fraction of sp³-hybridized carbons (Fsp3) is 0.391. The number of carbonyl (C=O) groups excluding carboxylic acids is 2. The molecule has 5 nitrogen and oxygen atoms in total. The molecule has 0 saturated carbocycles. The van der Waals surface area contributed by atoms with Gasteiger partial charge >= 0.3 is 0 Å². The third-order valence-electron chi connectivity index (χ3n) is 5.40. The molecule has 1 fully saturated rings. The summed E-state index contributed by atoms with van der Waals surface area (Å²) in [4.78, 5) is 27.1. The minimum Gasteiger partial charge on any atom is -0.497 e. The molecule has 2 aromatic carbocycles. The van der Waals surface area contributed by atoms with Crippen molar-refractivity contribution < 1.29 is 14.3 Å². The Morgan fingerprint density at radius 3 is 2.76 bits per heavy atom. The Morgan fingerprint density at radius 1 is 1.24 bits per heavy atom. The second-order valence-corrected chi connectivity index (χ2v) is 7.91. The normalized spacial score (nSPS) is 16.4. The Balaban J connectivity index is 1.52. The molecule has 0 spiro atoms. The van der Waals surface area contributed by atoms with E-state index in [-0.39, 0.29) is 11.8 Å². The van der Waals surface area contributed by atoms with Gasteiger partial charge in [0.05, 0.1) is 17.7 Å². The van der Waals surface area contributed by atoms with Gasteiger partial charge in [0.1, 0.15) is 5.75 Å². The summed E-state index contributed by atoms with van der Waals surface area (Å²) >= 11 is 6.18. The van der Waals surface area contributed by atoms with Gasteiger partial charge in [0.15, 0.2) is 0 Å². The summed E-state index contributed by atoms with van der Waals surface area (Å²) in [5, 5.41) is 3.46. The molecule has 1 atom stereocenters. The number of nitrogens with zero attached hydrogens (tertiary/aromatic N) is 1. The van der Waals surface area contributed by atoms with Crippen molar-refractivity contribution in [3.63, 3.8) is 0 Å². The standard InChI is InChI=1S/C23H27ClN2O3/c1-16-14-18(29-2)10-11-21(16)25-22(27)12-9-17-6-5-13-26(15-17)23(28)19-7-3-4-8-20(19)24/h3-4,7-8,10-11,14,17H,5-6,9,12-13,15H2,1-2H3,(H,25,27)/t17-/m0/s1. The third-order valence-corrected chi connectivity index (χ3v) is 5.73. The second-order valence-electron chi connectivity index (χ2n) is 7.51. The monoisotopic (exact) mass is 414 g/mol. The number of benzene rings is 2. The largest absolute Gasteiger partial charge is 0.497 e. The van der Waals surface area contributed by atoms with Gasteiger partial charge in [-0.05, 0) is 68.0 Å². The first kappa shape index (κ1) is 21.2. The van der Waals surface area contributed by atoms with E-state index >= 15 is 0 Å². The zero-order valence-corrected chi connectivity index (χ0v) is 17.7. The van der Waals surface area contributed by atoms with E-state index in [1.807, 2.05) is 42.2 Å². The smallest absolute Gasteiger partial charge is 0.255 e. The van der Waals surface area contributed by atoms with Gasteiger partial charge < -0.3 is 15.0 Å². The Labute approximate surface area is 177 Å². The first-order chi connectivity index (χ1) is 14.0. The van der Waals surface area contributed by atoms with Crippen LogP contribution in [0.5, 0.6) is 5.75 Å². The van der Waals surface area contributed by atoms with Crippen molar-refractivity contribution in [2.24, 2.45) is 5.92 Å². The van der Waals surface area contributed by atoms with Gasteiger partial charge in [-0.15, -0.1) is 0 Å². The maximum Gasteiger partial charge on any atom is 0.255 e. The van der Waals surface area contributed by atoms with Gasteiger partial charge in [-0.25, -0.2) is 0 Å². The first-order valence-corrected chi connectivity index (χ1v) is 10.3. The SMILES string of the molecule is COc1ccc(NC(=O)CC[C@@H]2CCCN(C(=O)c3ccccc3Cl)C2)c(C)c1. The molecule has 6 heteroatoms. The number of likely N-dealkylation sites (tertiary alicyclic amines) is 1. The summed E-state index contributed by atoms with van der Waals surface area (Å²) in [7, 11) is 1.62. The van der Waals surface area contributed by atoms with E-state index in [1.54, 1.807) is 19.2 Å². The van der Waals surface area contributed by atoms with Crippen LogP contribution in [0.15, 0.2) is 42.5 Å². The molecule has 154 valence electrons. The summed E-state index contributed by atoms with van der Waals surface area (Å²) in [6.07, 6.45) is 3.17. The topological polar surface area (TPSA) is 58.6 Å². The van der Waals surface area contributed by atoms with Gasteiger partial charge in [-0.3, -0.25) is 9.59 Å². The first-order valence-electron chi connectivity index (χ1n) is 9.96. The molecule has 2 aromatic rings. The van der Waals surface area contributed by atoms with E-state index in [0.717, 1.165) is 42.8 Å². The van der Waals surface area contributed by atoms with Gasteiger partial charge in [-0.2, -0.15) is 0 Å². The van der Waals surface area contributed by atoms with Crippen molar-refractivity contribution in [2.75, 3.05) is 25.5 Å². The molecule has 1 heterocycles. The number of halogens is 1. The molecule has 1 N–H and O–H groups in total. The quantitative estimate of drug-likeness (QED) is 0.729. The summed E-state index contributed by atoms with van der Waals surface area (Å²) in [5.41, 5.74) is 2.31. The Hall–Kier alpha value is -2.53. The number of ether oxygens (including phenoxy) is 1. The highest BCUT2D eigenvalue weighted by atomic mass is 35.5. The number of piperidine rings is 1. The predicted molar refractivity (Wildman–Crippen MR) is 116 cm³/mol. The van der Waals surface area contributed by atoms with Gasteiger partial charge in [0.2, 0.25) is 5.91 Å². The molecule has 3 rings (SSSR count). The van der Waals surface area contributed by atoms with Gasteiger partial charge in [0, 0.05) is 25.2 Å². The number of nitrogens with one attached hydrogen (secondary N) is 1. The van der Waals surface area contributed by atoms with Crippen LogP contribution >= 0.6 is 11.6 Å². The number of amides is 2. The van der Waals surface area contributed by atoms with Crippen LogP contribution in [0.4, 0.5) is 5.69 Å². The van der Waals surface area contributed by atoms with Crippen LogP contribution in [0.3, 0.4) is 0 Å². The molecule has 1 aliphatic rings. The average Bonchev–Trinajstić information content (AvgIpc) is 2.74. The molecule has 0 unspecified atom stereocenters. The minimum atomic E-state index is -0.0291. The van der Waals surface area contributed by atoms with Crippen LogP contribution in [-0.2, 0) is 4.79 Å². The maximum absolute atomic E-state index is 12.8. The highest BCUT2D eigenvalue weighted by Crippen LogP contribution is 2.26. The number of carbonyl (C=O) groups is 2. The fourth-order valence-electron chi connectivity index (χ4n) is 3.74. The average molecular weight is 415 g/mol. The maximum atomic E-state index is 12.8. The van der Waals surface area contributed by atoms with Crippen LogP contribution in [0.2, 0.25) is 5.02 Å². The summed E-state index contributed by atoms with van der Waals surface area (Å²) in [5.74, 6) is 1.05. The molecule has 1 aliphatic heterocycles. The third kappa shape index (κ3) is 5.51. The molecule has 0 bridgehead atoms. The molecular formula is C23H27ClN2O3. The fourth-order valence-corrected chi connectivity index (χ4v) is 3.96. The van der Waals surface area contributed by atoms with Crippen LogP contribution in [-0.4, -0.2) is 36.9 Å². The van der Waals surface area contributed by atoms with Crippen molar-refractivity contribution in [1.82, 2.24) is 4.90 Å². The van der Waals surface area contributed by atoms with E-state index in [0.29, 0.717) is 29.5 Å². The van der Waals surface area contributed by atoms with E-state index in [9.17, 15) is 9.59 Å². The van der Waals surface area contributed by atoms with Crippen LogP contribution in [0.1, 0.15) is 41.6 Å². The number of hydrogen-bond donors (Lipinski definition) is 1. The summed E-state index contributed by atoms with van der Waals surface area (Å²) in [6, 6.07) is 12.7. The lowest BCUT2D eigenvalue weighted by Crippen LogP contribution is -2.40. The molecule has 0 aromatic heterocycles. The van der Waals surface area contributed by atoms with Crippen molar-refractivity contribution in [1.29, 1.82) is 0 Å². The van der Waals surface area contributed by atoms with Crippen molar-refractivity contribution in [3.05, 3.63) is 58.6 Å². The van der Waals surface area contributed by atoms with E-state index in [4.69, 9.17) is 16.3 Å². The number of aryl methyl sites for hydroxylation is 1. The molecule has 29 heavy (non-hydrogen) atoms. The van der Waals surface area contributed by atoms with Crippen molar-refractivity contribution in [2.45, 2.75) is 32.6 Å². The molecular weight excluding hydrogens is 388 g/mol. The van der Waals surface area contributed by atoms with Gasteiger partial charge in [-0.1, -0.05) is 23.7 Å². The molecule has 1 saturated heterocycles. The number of anilines is 1. The highest BCUT2D eigenvalue weighted by Gasteiger charge is 2.25. The van der Waals surface area contributed by atoms with Crippen LogP contribution in [0.25, 0.3) is 0 Å². The second kappa shape index (κ2) is 9.79. The summed E-state index contributed by atoms with van der Waals surface area (Å²) in [6.45, 7) is 3.34. The number of hydrogen-bond acceptors (Lipinski definition) is 3. The van der Waals surface area contributed by atoms with Crippen molar-refractivity contribution >= 4 is 29.1 Å². The summed E-state index contributed by atoms with van der Waals surface area (Å²) < 4.78 is 5.20. The Morgan fingerprint density at radius 2 is 2.03 bits per heavy atom. The van der Waals surface area contributed by atoms with Crippen LogP contribution in [0, 0.1) is 12.8 Å². The lowest BCUT2D eigenvalue weighted by Gasteiger charge is -2.33. The highest BCUT2D eigenvalue weighted by molar-refractivity contribution is 6.33. The van der Waals surface area contributed by atoms with E-state index < -0.39 is 0 Å². The lowest BCUT2D eigenvalue weighted by molar-refractivity contribution is -0.116. The van der Waals surface area contributed by atoms with E-state index in [2.05, 4.69) is 5.32 Å². The zero-order chi connectivity index (χ0) is 20.8.